The Hall–Kier alpha value is -0.120. The maximum atomic E-state index is 9.50. The van der Waals surface area contributed by atoms with E-state index in [0.717, 1.165) is 13.0 Å². The van der Waals surface area contributed by atoms with Crippen molar-refractivity contribution in [2.45, 2.75) is 58.1 Å². The molecule has 1 unspecified atom stereocenters. The molecular formula is C13H27NO2. The van der Waals surface area contributed by atoms with Gasteiger partial charge in [-0.3, -0.25) is 0 Å². The summed E-state index contributed by atoms with van der Waals surface area (Å²) >= 11 is 0. The first-order valence-corrected chi connectivity index (χ1v) is 6.44. The molecule has 1 fully saturated rings. The average molecular weight is 229 g/mol. The van der Waals surface area contributed by atoms with E-state index in [4.69, 9.17) is 4.74 Å². The van der Waals surface area contributed by atoms with Crippen molar-refractivity contribution in [1.82, 2.24) is 5.32 Å². The molecule has 3 heteroatoms. The third-order valence-corrected chi connectivity index (χ3v) is 3.61. The van der Waals surface area contributed by atoms with Gasteiger partial charge in [0.2, 0.25) is 0 Å². The van der Waals surface area contributed by atoms with E-state index in [1.807, 2.05) is 0 Å². The van der Waals surface area contributed by atoms with Gasteiger partial charge in [-0.1, -0.05) is 13.8 Å². The molecule has 96 valence electrons. The van der Waals surface area contributed by atoms with Gasteiger partial charge >= 0.3 is 0 Å². The summed E-state index contributed by atoms with van der Waals surface area (Å²) in [5.74, 6) is 0. The van der Waals surface area contributed by atoms with Crippen molar-refractivity contribution in [1.29, 1.82) is 0 Å². The van der Waals surface area contributed by atoms with Crippen molar-refractivity contribution in [3.05, 3.63) is 0 Å². The largest absolute Gasteiger partial charge is 0.391 e. The lowest BCUT2D eigenvalue weighted by atomic mass is 9.75. The Labute approximate surface area is 99.6 Å². The molecule has 0 aromatic heterocycles. The molecule has 0 amide bonds. The zero-order chi connectivity index (χ0) is 12.0. The molecule has 0 aromatic rings. The molecule has 0 spiro atoms. The van der Waals surface area contributed by atoms with E-state index < -0.39 is 0 Å². The molecule has 1 rings (SSSR count). The third kappa shape index (κ3) is 5.28. The lowest BCUT2D eigenvalue weighted by molar-refractivity contribution is 0.0583. The van der Waals surface area contributed by atoms with Gasteiger partial charge < -0.3 is 15.2 Å². The van der Waals surface area contributed by atoms with E-state index in [1.165, 1.54) is 25.7 Å². The number of aliphatic hydroxyl groups is 1. The van der Waals surface area contributed by atoms with Crippen LogP contribution in [-0.2, 0) is 4.74 Å². The van der Waals surface area contributed by atoms with Crippen LogP contribution in [0.25, 0.3) is 0 Å². The first kappa shape index (κ1) is 13.9. The van der Waals surface area contributed by atoms with Gasteiger partial charge in [-0.25, -0.2) is 0 Å². The number of ether oxygens (including phenoxy) is 1. The van der Waals surface area contributed by atoms with Crippen LogP contribution in [0.2, 0.25) is 0 Å². The van der Waals surface area contributed by atoms with Crippen molar-refractivity contribution in [3.8, 4) is 0 Å². The smallest absolute Gasteiger partial charge is 0.0785 e. The van der Waals surface area contributed by atoms with Gasteiger partial charge in [-0.15, -0.1) is 0 Å². The first-order chi connectivity index (χ1) is 7.53. The molecule has 1 atom stereocenters. The van der Waals surface area contributed by atoms with E-state index in [9.17, 15) is 5.11 Å². The molecular weight excluding hydrogens is 202 g/mol. The second kappa shape index (κ2) is 6.58. The highest BCUT2D eigenvalue weighted by Crippen LogP contribution is 2.34. The van der Waals surface area contributed by atoms with Crippen LogP contribution in [0.3, 0.4) is 0 Å². The number of hydrogen-bond donors (Lipinski definition) is 2. The lowest BCUT2D eigenvalue weighted by Crippen LogP contribution is -2.37. The molecule has 1 aliphatic carbocycles. The summed E-state index contributed by atoms with van der Waals surface area (Å²) in [7, 11) is 1.62. The van der Waals surface area contributed by atoms with Crippen molar-refractivity contribution in [2.24, 2.45) is 5.41 Å². The second-order valence-corrected chi connectivity index (χ2v) is 5.79. The Morgan fingerprint density at radius 3 is 2.56 bits per heavy atom. The third-order valence-electron chi connectivity index (χ3n) is 3.61. The van der Waals surface area contributed by atoms with Crippen LogP contribution >= 0.6 is 0 Å². The Bertz CT molecular complexity index is 184. The predicted molar refractivity (Wildman–Crippen MR) is 66.5 cm³/mol. The van der Waals surface area contributed by atoms with Crippen molar-refractivity contribution >= 4 is 0 Å². The Morgan fingerprint density at radius 1 is 1.38 bits per heavy atom. The first-order valence-electron chi connectivity index (χ1n) is 6.44. The minimum atomic E-state index is -0.322. The van der Waals surface area contributed by atoms with E-state index in [-0.39, 0.29) is 6.10 Å². The quantitative estimate of drug-likeness (QED) is 0.731. The summed E-state index contributed by atoms with van der Waals surface area (Å²) < 4.78 is 4.90. The summed E-state index contributed by atoms with van der Waals surface area (Å²) in [4.78, 5) is 0. The van der Waals surface area contributed by atoms with Crippen molar-refractivity contribution < 1.29 is 9.84 Å². The van der Waals surface area contributed by atoms with E-state index in [2.05, 4.69) is 19.2 Å². The maximum absolute atomic E-state index is 9.50. The molecule has 16 heavy (non-hydrogen) atoms. The van der Waals surface area contributed by atoms with Gasteiger partial charge in [0.1, 0.15) is 0 Å². The van der Waals surface area contributed by atoms with Crippen molar-refractivity contribution in [3.63, 3.8) is 0 Å². The molecule has 3 nitrogen and oxygen atoms in total. The number of hydrogen-bond acceptors (Lipinski definition) is 3. The Morgan fingerprint density at radius 2 is 2.00 bits per heavy atom. The van der Waals surface area contributed by atoms with Crippen LogP contribution in [0.4, 0.5) is 0 Å². The van der Waals surface area contributed by atoms with Crippen molar-refractivity contribution in [2.75, 3.05) is 20.3 Å². The number of aliphatic hydroxyl groups excluding tert-OH is 1. The van der Waals surface area contributed by atoms with Crippen LogP contribution in [0, 0.1) is 5.41 Å². The van der Waals surface area contributed by atoms with Crippen LogP contribution in [0.1, 0.15) is 46.0 Å². The Kier molecular flexibility index (Phi) is 5.73. The van der Waals surface area contributed by atoms with Crippen LogP contribution in [0.5, 0.6) is 0 Å². The highest BCUT2D eigenvalue weighted by atomic mass is 16.5. The number of methoxy groups -OCH3 is 1. The SMILES string of the molecule is COCC(O)CCNC1CCC(C)(C)CC1. The molecule has 2 N–H and O–H groups in total. The molecule has 1 saturated carbocycles. The molecule has 0 aliphatic heterocycles. The molecule has 0 aromatic carbocycles. The van der Waals surface area contributed by atoms with Gasteiger partial charge in [0.05, 0.1) is 12.7 Å². The van der Waals surface area contributed by atoms with Gasteiger partial charge in [0.15, 0.2) is 0 Å². The van der Waals surface area contributed by atoms with Gasteiger partial charge in [0, 0.05) is 13.2 Å². The van der Waals surface area contributed by atoms with Gasteiger partial charge in [-0.05, 0) is 44.1 Å². The zero-order valence-corrected chi connectivity index (χ0v) is 11.0. The fraction of sp³-hybridized carbons (Fsp3) is 1.00. The normalized spacial score (nSPS) is 23.2. The molecule has 0 heterocycles. The van der Waals surface area contributed by atoms with Crippen LogP contribution in [-0.4, -0.2) is 37.5 Å². The molecule has 0 saturated heterocycles. The molecule has 0 bridgehead atoms. The van der Waals surface area contributed by atoms with Crippen LogP contribution in [0.15, 0.2) is 0 Å². The van der Waals surface area contributed by atoms with Gasteiger partial charge in [0.25, 0.3) is 0 Å². The minimum absolute atomic E-state index is 0.322. The van der Waals surface area contributed by atoms with Gasteiger partial charge in [-0.2, -0.15) is 0 Å². The standard InChI is InChI=1S/C13H27NO2/c1-13(2)7-4-11(5-8-13)14-9-6-12(15)10-16-3/h11-12,14-15H,4-10H2,1-3H3. The predicted octanol–water partition coefficient (Wildman–Crippen LogP) is 1.94. The highest BCUT2D eigenvalue weighted by Gasteiger charge is 2.26. The summed E-state index contributed by atoms with van der Waals surface area (Å²) in [5, 5.41) is 13.0. The second-order valence-electron chi connectivity index (χ2n) is 5.79. The summed E-state index contributed by atoms with van der Waals surface area (Å²) in [6.07, 6.45) is 5.63. The zero-order valence-electron chi connectivity index (χ0n) is 11.0. The topological polar surface area (TPSA) is 41.5 Å². The highest BCUT2D eigenvalue weighted by molar-refractivity contribution is 4.82. The monoisotopic (exact) mass is 229 g/mol. The van der Waals surface area contributed by atoms with E-state index in [0.29, 0.717) is 18.1 Å². The van der Waals surface area contributed by atoms with Crippen LogP contribution < -0.4 is 5.32 Å². The van der Waals surface area contributed by atoms with E-state index >= 15 is 0 Å². The number of nitrogens with one attached hydrogen (secondary N) is 1. The minimum Gasteiger partial charge on any atom is -0.391 e. The average Bonchev–Trinajstić information content (AvgIpc) is 2.21. The Balaban J connectivity index is 2.06. The summed E-state index contributed by atoms with van der Waals surface area (Å²) in [6.45, 7) is 6.05. The fourth-order valence-corrected chi connectivity index (χ4v) is 2.33. The maximum Gasteiger partial charge on any atom is 0.0785 e. The lowest BCUT2D eigenvalue weighted by Gasteiger charge is -2.34. The van der Waals surface area contributed by atoms with E-state index in [1.54, 1.807) is 7.11 Å². The summed E-state index contributed by atoms with van der Waals surface area (Å²) in [5.41, 5.74) is 0.535. The summed E-state index contributed by atoms with van der Waals surface area (Å²) in [6, 6.07) is 0.655. The fourth-order valence-electron chi connectivity index (χ4n) is 2.33. The molecule has 1 aliphatic rings. The molecule has 0 radical (unpaired) electrons. The number of rotatable bonds is 6.